The van der Waals surface area contributed by atoms with Gasteiger partial charge < -0.3 is 0 Å². The molecule has 0 atom stereocenters. The largest absolute Gasteiger partial charge is 0.332 e. The van der Waals surface area contributed by atoms with E-state index < -0.39 is 28.8 Å². The lowest BCUT2D eigenvalue weighted by molar-refractivity contribution is -0.156. The van der Waals surface area contributed by atoms with Gasteiger partial charge in [-0.3, -0.25) is 14.9 Å². The SMILES string of the molecule is C#CC(C)(C)N1C(=O)NC(=O)C2(CCCCC2)C1=O. The summed E-state index contributed by atoms with van der Waals surface area (Å²) in [6, 6.07) is -0.714. The number of urea groups is 1. The van der Waals surface area contributed by atoms with Gasteiger partial charge in [0.15, 0.2) is 0 Å². The smallest absolute Gasteiger partial charge is 0.277 e. The second-order valence-corrected chi connectivity index (χ2v) is 5.75. The van der Waals surface area contributed by atoms with Gasteiger partial charge >= 0.3 is 6.03 Å². The number of imide groups is 2. The topological polar surface area (TPSA) is 66.5 Å². The third kappa shape index (κ3) is 1.92. The second kappa shape index (κ2) is 4.37. The van der Waals surface area contributed by atoms with E-state index >= 15 is 0 Å². The molecule has 0 aromatic carbocycles. The normalized spacial score (nSPS) is 23.2. The number of nitrogens with one attached hydrogen (secondary N) is 1. The summed E-state index contributed by atoms with van der Waals surface area (Å²) in [5.74, 6) is 1.53. The zero-order valence-electron chi connectivity index (χ0n) is 11.3. The lowest BCUT2D eigenvalue weighted by Gasteiger charge is -2.45. The average Bonchev–Trinajstić information content (AvgIpc) is 2.37. The van der Waals surface area contributed by atoms with Gasteiger partial charge in [-0.15, -0.1) is 6.42 Å². The van der Waals surface area contributed by atoms with E-state index in [9.17, 15) is 14.4 Å². The van der Waals surface area contributed by atoms with Crippen LogP contribution in [0.2, 0.25) is 0 Å². The summed E-state index contributed by atoms with van der Waals surface area (Å²) in [5.41, 5.74) is -2.13. The molecule has 19 heavy (non-hydrogen) atoms. The van der Waals surface area contributed by atoms with Gasteiger partial charge in [0, 0.05) is 0 Å². The first-order chi connectivity index (χ1) is 8.85. The fourth-order valence-electron chi connectivity index (χ4n) is 2.84. The lowest BCUT2D eigenvalue weighted by Crippen LogP contribution is -2.68. The summed E-state index contributed by atoms with van der Waals surface area (Å²) in [6.07, 6.45) is 9.02. The van der Waals surface area contributed by atoms with E-state index in [1.807, 2.05) is 0 Å². The van der Waals surface area contributed by atoms with Crippen LogP contribution in [0.5, 0.6) is 0 Å². The number of nitrogens with zero attached hydrogens (tertiary/aromatic N) is 1. The Balaban J connectivity index is 2.43. The van der Waals surface area contributed by atoms with Crippen molar-refractivity contribution in [3.05, 3.63) is 0 Å². The van der Waals surface area contributed by atoms with Crippen LogP contribution in [0.15, 0.2) is 0 Å². The van der Waals surface area contributed by atoms with E-state index in [1.165, 1.54) is 0 Å². The second-order valence-electron chi connectivity index (χ2n) is 5.75. The van der Waals surface area contributed by atoms with E-state index in [-0.39, 0.29) is 0 Å². The van der Waals surface area contributed by atoms with Crippen LogP contribution >= 0.6 is 0 Å². The molecule has 1 N–H and O–H groups in total. The van der Waals surface area contributed by atoms with E-state index in [0.29, 0.717) is 12.8 Å². The number of hydrogen-bond donors (Lipinski definition) is 1. The number of hydrogen-bond acceptors (Lipinski definition) is 3. The highest BCUT2D eigenvalue weighted by molar-refractivity contribution is 6.19. The molecule has 2 rings (SSSR count). The monoisotopic (exact) mass is 262 g/mol. The number of carbonyl (C=O) groups is 3. The number of barbiturate groups is 1. The highest BCUT2D eigenvalue weighted by Crippen LogP contribution is 2.41. The molecule has 0 aromatic rings. The fraction of sp³-hybridized carbons (Fsp3) is 0.643. The minimum Gasteiger partial charge on any atom is -0.277 e. The van der Waals surface area contributed by atoms with Crippen molar-refractivity contribution in [3.8, 4) is 12.3 Å². The van der Waals surface area contributed by atoms with Crippen LogP contribution < -0.4 is 5.32 Å². The standard InChI is InChI=1S/C14H18N2O3/c1-4-13(2,3)16-11(18)14(8-6-5-7-9-14)10(17)15-12(16)19/h1H,5-9H2,2-3H3,(H,15,17,19). The van der Waals surface area contributed by atoms with Crippen molar-refractivity contribution in [2.24, 2.45) is 5.41 Å². The Morgan fingerprint density at radius 2 is 1.79 bits per heavy atom. The van der Waals surface area contributed by atoms with Crippen LogP contribution in [-0.2, 0) is 9.59 Å². The van der Waals surface area contributed by atoms with Gasteiger partial charge in [0.1, 0.15) is 11.0 Å². The summed E-state index contributed by atoms with van der Waals surface area (Å²) in [5, 5.41) is 2.29. The molecule has 1 heterocycles. The molecule has 0 aromatic heterocycles. The zero-order chi connectivity index (χ0) is 14.3. The van der Waals surface area contributed by atoms with Gasteiger partial charge in [0.05, 0.1) is 0 Å². The van der Waals surface area contributed by atoms with Crippen molar-refractivity contribution in [3.63, 3.8) is 0 Å². The van der Waals surface area contributed by atoms with E-state index in [4.69, 9.17) is 6.42 Å². The quantitative estimate of drug-likeness (QED) is 0.574. The highest BCUT2D eigenvalue weighted by atomic mass is 16.2. The van der Waals surface area contributed by atoms with E-state index in [1.54, 1.807) is 13.8 Å². The van der Waals surface area contributed by atoms with Gasteiger partial charge in [0.2, 0.25) is 11.8 Å². The summed E-state index contributed by atoms with van der Waals surface area (Å²) < 4.78 is 0. The van der Waals surface area contributed by atoms with Crippen LogP contribution in [0.3, 0.4) is 0 Å². The average molecular weight is 262 g/mol. The minimum atomic E-state index is -1.10. The first-order valence-electron chi connectivity index (χ1n) is 6.53. The summed E-state index contributed by atoms with van der Waals surface area (Å²) >= 11 is 0. The maximum Gasteiger partial charge on any atom is 0.332 e. The molecule has 5 nitrogen and oxygen atoms in total. The molecule has 4 amide bonds. The predicted molar refractivity (Wildman–Crippen MR) is 68.8 cm³/mol. The molecule has 1 aliphatic carbocycles. The molecule has 1 aliphatic heterocycles. The van der Waals surface area contributed by atoms with Crippen molar-refractivity contribution >= 4 is 17.8 Å². The Bertz CT molecular complexity index is 481. The summed E-state index contributed by atoms with van der Waals surface area (Å²) in [6.45, 7) is 3.24. The van der Waals surface area contributed by atoms with Crippen LogP contribution in [0.1, 0.15) is 46.0 Å². The Hall–Kier alpha value is -1.83. The third-order valence-electron chi connectivity index (χ3n) is 4.09. The summed E-state index contributed by atoms with van der Waals surface area (Å²) in [4.78, 5) is 37.8. The van der Waals surface area contributed by atoms with Crippen LogP contribution in [0.25, 0.3) is 0 Å². The Morgan fingerprint density at radius 3 is 2.32 bits per heavy atom. The van der Waals surface area contributed by atoms with Gasteiger partial charge in [-0.05, 0) is 26.7 Å². The minimum absolute atomic E-state index is 0.441. The Labute approximate surface area is 112 Å². The Kier molecular flexibility index (Phi) is 3.13. The van der Waals surface area contributed by atoms with Crippen molar-refractivity contribution in [2.75, 3.05) is 0 Å². The van der Waals surface area contributed by atoms with Crippen LogP contribution in [0.4, 0.5) is 4.79 Å². The van der Waals surface area contributed by atoms with Crippen molar-refractivity contribution in [2.45, 2.75) is 51.5 Å². The maximum atomic E-state index is 12.7. The molecule has 2 aliphatic rings. The molecular formula is C14H18N2O3. The third-order valence-corrected chi connectivity index (χ3v) is 4.09. The maximum absolute atomic E-state index is 12.7. The molecule has 0 bridgehead atoms. The van der Waals surface area contributed by atoms with Crippen LogP contribution in [-0.4, -0.2) is 28.3 Å². The van der Waals surface area contributed by atoms with Crippen molar-refractivity contribution < 1.29 is 14.4 Å². The highest BCUT2D eigenvalue weighted by Gasteiger charge is 2.56. The van der Waals surface area contributed by atoms with Gasteiger partial charge in [-0.1, -0.05) is 25.2 Å². The molecule has 1 saturated heterocycles. The van der Waals surface area contributed by atoms with Gasteiger partial charge in [0.25, 0.3) is 0 Å². The van der Waals surface area contributed by atoms with Gasteiger partial charge in [-0.25, -0.2) is 9.69 Å². The first kappa shape index (κ1) is 13.6. The number of terminal acetylenes is 1. The molecule has 0 unspecified atom stereocenters. The summed E-state index contributed by atoms with van der Waals surface area (Å²) in [7, 11) is 0. The van der Waals surface area contributed by atoms with Crippen molar-refractivity contribution in [1.29, 1.82) is 0 Å². The molecule has 102 valence electrons. The van der Waals surface area contributed by atoms with Gasteiger partial charge in [-0.2, -0.15) is 0 Å². The number of amides is 4. The predicted octanol–water partition coefficient (Wildman–Crippen LogP) is 1.43. The Morgan fingerprint density at radius 1 is 1.21 bits per heavy atom. The first-order valence-corrected chi connectivity index (χ1v) is 6.53. The molecule has 5 heteroatoms. The molecular weight excluding hydrogens is 244 g/mol. The molecule has 2 fully saturated rings. The molecule has 1 spiro atoms. The van der Waals surface area contributed by atoms with Crippen molar-refractivity contribution in [1.82, 2.24) is 10.2 Å². The fourth-order valence-corrected chi connectivity index (χ4v) is 2.84. The number of carbonyl (C=O) groups excluding carboxylic acids is 3. The van der Waals surface area contributed by atoms with E-state index in [2.05, 4.69) is 11.2 Å². The zero-order valence-corrected chi connectivity index (χ0v) is 11.3. The lowest BCUT2D eigenvalue weighted by atomic mass is 9.70. The van der Waals surface area contributed by atoms with Crippen LogP contribution in [0, 0.1) is 17.8 Å². The number of rotatable bonds is 1. The molecule has 0 radical (unpaired) electrons. The van der Waals surface area contributed by atoms with E-state index in [0.717, 1.165) is 24.2 Å². The molecule has 1 saturated carbocycles.